The Morgan fingerprint density at radius 1 is 1.11 bits per heavy atom. The molecule has 0 aliphatic carbocycles. The van der Waals surface area contributed by atoms with Crippen LogP contribution in [0.25, 0.3) is 0 Å². The number of carbonyl (C=O) groups excluding carboxylic acids is 2. The van der Waals surface area contributed by atoms with E-state index in [0.29, 0.717) is 37.6 Å². The summed E-state index contributed by atoms with van der Waals surface area (Å²) in [7, 11) is 0. The first-order valence-electron chi connectivity index (χ1n) is 9.36. The lowest BCUT2D eigenvalue weighted by Gasteiger charge is -2.34. The van der Waals surface area contributed by atoms with Crippen molar-refractivity contribution in [1.82, 2.24) is 14.8 Å². The minimum Gasteiger partial charge on any atom is -0.340 e. The quantitative estimate of drug-likeness (QED) is 0.903. The van der Waals surface area contributed by atoms with E-state index in [1.807, 2.05) is 6.07 Å². The van der Waals surface area contributed by atoms with Crippen molar-refractivity contribution < 1.29 is 9.59 Å². The van der Waals surface area contributed by atoms with Gasteiger partial charge in [0.1, 0.15) is 5.82 Å². The molecule has 0 bridgehead atoms. The Bertz CT molecular complexity index is 842. The number of hydrogen-bond acceptors (Lipinski definition) is 4. The van der Waals surface area contributed by atoms with Crippen LogP contribution in [-0.4, -0.2) is 52.8 Å². The number of piperazine rings is 1. The summed E-state index contributed by atoms with van der Waals surface area (Å²) in [5.41, 5.74) is 4.02. The first-order chi connectivity index (χ1) is 13.0. The standard InChI is InChI=1S/C21H26N4O2/c1-4-17-7-5-6-15(2)20(17)23-19-14-18(8-9-22-19)21(27)25-12-10-24(11-13-25)16(3)26/h5-9,14H,4,10-13H2,1-3H3,(H,22,23). The molecule has 2 aromatic rings. The van der Waals surface area contributed by atoms with Crippen LogP contribution in [-0.2, 0) is 11.2 Å². The number of rotatable bonds is 4. The van der Waals surface area contributed by atoms with Crippen LogP contribution < -0.4 is 5.32 Å². The molecule has 6 heteroatoms. The minimum atomic E-state index is -0.0239. The molecule has 1 N–H and O–H groups in total. The molecule has 0 unspecified atom stereocenters. The predicted molar refractivity (Wildman–Crippen MR) is 106 cm³/mol. The van der Waals surface area contributed by atoms with Gasteiger partial charge < -0.3 is 15.1 Å². The molecule has 0 atom stereocenters. The number of aryl methyl sites for hydroxylation is 2. The highest BCUT2D eigenvalue weighted by atomic mass is 16.2. The molecule has 6 nitrogen and oxygen atoms in total. The van der Waals surface area contributed by atoms with E-state index >= 15 is 0 Å². The van der Waals surface area contributed by atoms with E-state index in [9.17, 15) is 9.59 Å². The van der Waals surface area contributed by atoms with E-state index < -0.39 is 0 Å². The Kier molecular flexibility index (Phi) is 5.74. The van der Waals surface area contributed by atoms with Crippen molar-refractivity contribution >= 4 is 23.3 Å². The van der Waals surface area contributed by atoms with Gasteiger partial charge in [0, 0.05) is 50.6 Å². The van der Waals surface area contributed by atoms with Crippen LogP contribution in [0, 0.1) is 6.92 Å². The van der Waals surface area contributed by atoms with E-state index in [0.717, 1.165) is 17.7 Å². The maximum absolute atomic E-state index is 12.8. The number of hydrogen-bond donors (Lipinski definition) is 1. The second kappa shape index (κ2) is 8.20. The maximum atomic E-state index is 12.8. The summed E-state index contributed by atoms with van der Waals surface area (Å²) in [5.74, 6) is 0.693. The van der Waals surface area contributed by atoms with Crippen LogP contribution in [0.3, 0.4) is 0 Å². The average molecular weight is 366 g/mol. The van der Waals surface area contributed by atoms with Gasteiger partial charge in [-0.1, -0.05) is 25.1 Å². The van der Waals surface area contributed by atoms with E-state index in [2.05, 4.69) is 36.3 Å². The molecule has 1 aromatic heterocycles. The highest BCUT2D eigenvalue weighted by Gasteiger charge is 2.23. The molecule has 1 aromatic carbocycles. The van der Waals surface area contributed by atoms with Crippen LogP contribution in [0.5, 0.6) is 0 Å². The monoisotopic (exact) mass is 366 g/mol. The van der Waals surface area contributed by atoms with E-state index in [1.54, 1.807) is 35.1 Å². The zero-order valence-corrected chi connectivity index (χ0v) is 16.2. The minimum absolute atomic E-state index is 0.0239. The fraction of sp³-hybridized carbons (Fsp3) is 0.381. The number of amides is 2. The summed E-state index contributed by atoms with van der Waals surface area (Å²) < 4.78 is 0. The normalized spacial score (nSPS) is 14.2. The molecule has 1 aliphatic rings. The largest absolute Gasteiger partial charge is 0.340 e. The lowest BCUT2D eigenvalue weighted by molar-refractivity contribution is -0.130. The Labute approximate surface area is 160 Å². The summed E-state index contributed by atoms with van der Waals surface area (Å²) >= 11 is 0. The molecule has 1 aliphatic heterocycles. The predicted octanol–water partition coefficient (Wildman–Crippen LogP) is 3.00. The number of pyridine rings is 1. The van der Waals surface area contributed by atoms with Crippen LogP contribution in [0.4, 0.5) is 11.5 Å². The zero-order valence-electron chi connectivity index (χ0n) is 16.2. The molecule has 1 fully saturated rings. The molecule has 142 valence electrons. The Hall–Kier alpha value is -2.89. The van der Waals surface area contributed by atoms with Gasteiger partial charge in [0.15, 0.2) is 0 Å². The third-order valence-electron chi connectivity index (χ3n) is 5.01. The van der Waals surface area contributed by atoms with Crippen molar-refractivity contribution in [2.75, 3.05) is 31.5 Å². The first-order valence-corrected chi connectivity index (χ1v) is 9.36. The van der Waals surface area contributed by atoms with Crippen molar-refractivity contribution in [3.8, 4) is 0 Å². The second-order valence-corrected chi connectivity index (χ2v) is 6.82. The Morgan fingerprint density at radius 2 is 1.81 bits per heavy atom. The molecular weight excluding hydrogens is 340 g/mol. The van der Waals surface area contributed by atoms with Crippen LogP contribution >= 0.6 is 0 Å². The van der Waals surface area contributed by atoms with Gasteiger partial charge >= 0.3 is 0 Å². The van der Waals surface area contributed by atoms with Crippen molar-refractivity contribution in [2.24, 2.45) is 0 Å². The molecule has 0 spiro atoms. The fourth-order valence-electron chi connectivity index (χ4n) is 3.37. The topological polar surface area (TPSA) is 65.5 Å². The Morgan fingerprint density at radius 3 is 2.48 bits per heavy atom. The second-order valence-electron chi connectivity index (χ2n) is 6.82. The third kappa shape index (κ3) is 4.27. The van der Waals surface area contributed by atoms with Crippen molar-refractivity contribution in [1.29, 1.82) is 0 Å². The molecule has 1 saturated heterocycles. The van der Waals surface area contributed by atoms with Crippen LogP contribution in [0.15, 0.2) is 36.5 Å². The fourth-order valence-corrected chi connectivity index (χ4v) is 3.37. The SMILES string of the molecule is CCc1cccc(C)c1Nc1cc(C(=O)N2CCN(C(C)=O)CC2)ccn1. The van der Waals surface area contributed by atoms with Crippen LogP contribution in [0.1, 0.15) is 35.3 Å². The summed E-state index contributed by atoms with van der Waals surface area (Å²) in [6.45, 7) is 8.02. The zero-order chi connectivity index (χ0) is 19.4. The number of aromatic nitrogens is 1. The van der Waals surface area contributed by atoms with Gasteiger partial charge in [-0.3, -0.25) is 9.59 Å². The van der Waals surface area contributed by atoms with Crippen molar-refractivity contribution in [2.45, 2.75) is 27.2 Å². The smallest absolute Gasteiger partial charge is 0.254 e. The lowest BCUT2D eigenvalue weighted by atomic mass is 10.1. The number of para-hydroxylation sites is 1. The molecular formula is C21H26N4O2. The molecule has 0 radical (unpaired) electrons. The van der Waals surface area contributed by atoms with Gasteiger partial charge in [-0.2, -0.15) is 0 Å². The summed E-state index contributed by atoms with van der Waals surface area (Å²) in [6, 6.07) is 9.74. The number of nitrogens with zero attached hydrogens (tertiary/aromatic N) is 3. The number of anilines is 2. The van der Waals surface area contributed by atoms with E-state index in [1.165, 1.54) is 5.56 Å². The number of nitrogens with one attached hydrogen (secondary N) is 1. The van der Waals surface area contributed by atoms with E-state index in [4.69, 9.17) is 0 Å². The van der Waals surface area contributed by atoms with Gasteiger partial charge in [0.25, 0.3) is 5.91 Å². The number of benzene rings is 1. The molecule has 2 amide bonds. The van der Waals surface area contributed by atoms with Gasteiger partial charge in [-0.15, -0.1) is 0 Å². The summed E-state index contributed by atoms with van der Waals surface area (Å²) in [6.07, 6.45) is 2.58. The molecule has 27 heavy (non-hydrogen) atoms. The lowest BCUT2D eigenvalue weighted by Crippen LogP contribution is -2.50. The van der Waals surface area contributed by atoms with Gasteiger partial charge in [0.05, 0.1) is 0 Å². The van der Waals surface area contributed by atoms with Gasteiger partial charge in [-0.05, 0) is 36.6 Å². The van der Waals surface area contributed by atoms with Gasteiger partial charge in [0.2, 0.25) is 5.91 Å². The summed E-state index contributed by atoms with van der Waals surface area (Å²) in [5, 5.41) is 3.38. The average Bonchev–Trinajstić information content (AvgIpc) is 2.69. The number of carbonyl (C=O) groups is 2. The van der Waals surface area contributed by atoms with Gasteiger partial charge in [-0.25, -0.2) is 4.98 Å². The maximum Gasteiger partial charge on any atom is 0.254 e. The first kappa shape index (κ1) is 18.9. The van der Waals surface area contributed by atoms with Crippen LogP contribution in [0.2, 0.25) is 0 Å². The Balaban J connectivity index is 1.75. The molecule has 2 heterocycles. The molecule has 3 rings (SSSR count). The molecule has 0 saturated carbocycles. The highest BCUT2D eigenvalue weighted by molar-refractivity contribution is 5.95. The van der Waals surface area contributed by atoms with Crippen molar-refractivity contribution in [3.05, 3.63) is 53.2 Å². The van der Waals surface area contributed by atoms with Crippen molar-refractivity contribution in [3.63, 3.8) is 0 Å². The van der Waals surface area contributed by atoms with E-state index in [-0.39, 0.29) is 11.8 Å². The summed E-state index contributed by atoms with van der Waals surface area (Å²) in [4.78, 5) is 32.2. The third-order valence-corrected chi connectivity index (χ3v) is 5.01. The highest BCUT2D eigenvalue weighted by Crippen LogP contribution is 2.25.